The van der Waals surface area contributed by atoms with Crippen LogP contribution in [-0.2, 0) is 65.4 Å². The highest BCUT2D eigenvalue weighted by molar-refractivity contribution is 7.47. The zero-order valence-electron chi connectivity index (χ0n) is 65.5. The zero-order chi connectivity index (χ0) is 73.5. The van der Waals surface area contributed by atoms with Crippen LogP contribution in [0.3, 0.4) is 0 Å². The lowest BCUT2D eigenvalue weighted by atomic mass is 9.99. The van der Waals surface area contributed by atoms with Crippen molar-refractivity contribution in [1.29, 1.82) is 0 Å². The van der Waals surface area contributed by atoms with Crippen molar-refractivity contribution < 1.29 is 80.2 Å². The molecule has 0 spiro atoms. The molecule has 0 aromatic heterocycles. The summed E-state index contributed by atoms with van der Waals surface area (Å²) in [6.07, 6.45) is 62.4. The number of unbranched alkanes of at least 4 members (excludes halogenated alkanes) is 49. The van der Waals surface area contributed by atoms with Gasteiger partial charge in [-0.15, -0.1) is 0 Å². The number of hydrogen-bond acceptors (Lipinski definition) is 15. The molecule has 0 aliphatic carbocycles. The van der Waals surface area contributed by atoms with E-state index in [1.165, 1.54) is 238 Å². The van der Waals surface area contributed by atoms with Crippen LogP contribution in [0.4, 0.5) is 0 Å². The molecule has 3 unspecified atom stereocenters. The lowest BCUT2D eigenvalue weighted by Crippen LogP contribution is -2.30. The average molecular weight is 1470 g/mol. The Balaban J connectivity index is 5.21. The number of hydrogen-bond donors (Lipinski definition) is 3. The smallest absolute Gasteiger partial charge is 0.462 e. The van der Waals surface area contributed by atoms with E-state index in [4.69, 9.17) is 37.0 Å². The van der Waals surface area contributed by atoms with Gasteiger partial charge in [0, 0.05) is 25.7 Å². The third kappa shape index (κ3) is 73.0. The summed E-state index contributed by atoms with van der Waals surface area (Å²) < 4.78 is 68.7. The van der Waals surface area contributed by atoms with E-state index in [1.807, 2.05) is 0 Å². The molecule has 0 amide bonds. The van der Waals surface area contributed by atoms with Crippen molar-refractivity contribution >= 4 is 39.5 Å². The maximum atomic E-state index is 13.1. The fourth-order valence-corrected chi connectivity index (χ4v) is 14.1. The minimum absolute atomic E-state index is 0.107. The van der Waals surface area contributed by atoms with Gasteiger partial charge in [-0.05, 0) is 37.5 Å². The Labute approximate surface area is 613 Å². The van der Waals surface area contributed by atoms with Gasteiger partial charge in [0.25, 0.3) is 0 Å². The van der Waals surface area contributed by atoms with Crippen LogP contribution >= 0.6 is 15.6 Å². The van der Waals surface area contributed by atoms with Gasteiger partial charge in [0.15, 0.2) is 12.2 Å². The normalized spacial score (nSPS) is 14.2. The van der Waals surface area contributed by atoms with Crippen molar-refractivity contribution in [2.75, 3.05) is 39.6 Å². The fourth-order valence-electron chi connectivity index (χ4n) is 12.5. The molecule has 3 N–H and O–H groups in total. The van der Waals surface area contributed by atoms with Gasteiger partial charge in [0.05, 0.1) is 26.4 Å². The van der Waals surface area contributed by atoms with Crippen LogP contribution in [0.2, 0.25) is 0 Å². The first-order valence-corrected chi connectivity index (χ1v) is 45.0. The third-order valence-corrected chi connectivity index (χ3v) is 21.2. The highest BCUT2D eigenvalue weighted by atomic mass is 31.2. The molecule has 0 radical (unpaired) electrons. The molecule has 0 aliphatic heterocycles. The molecule has 594 valence electrons. The Morgan fingerprint density at radius 3 is 0.760 bits per heavy atom. The molecule has 0 aromatic rings. The van der Waals surface area contributed by atoms with E-state index in [1.54, 1.807) is 0 Å². The lowest BCUT2D eigenvalue weighted by Gasteiger charge is -2.21. The first kappa shape index (κ1) is 98.1. The molecule has 0 fully saturated rings. The standard InChI is InChI=1S/C81H158O17P2/c1-7-10-12-14-16-18-19-20-21-22-23-24-30-35-40-46-52-58-64-79(84)92-70-77(98-81(86)65-59-53-47-41-36-31-26-25-29-34-39-44-50-56-62-74(6)9-3)72-96-100(89,90)94-68-75(82)67-93-99(87,88)95-71-76(69-91-78(83)63-57-51-45-17-15-13-11-8-2)97-80(85)66-60-54-48-42-37-32-27-28-33-38-43-49-55-61-73(4)5/h73-77,82H,7-72H2,1-6H3,(H,87,88)(H,89,90)/t74?,75-,76+,77+/m0/s1. The summed E-state index contributed by atoms with van der Waals surface area (Å²) in [5.41, 5.74) is 0. The van der Waals surface area contributed by atoms with Gasteiger partial charge in [0.2, 0.25) is 0 Å². The average Bonchev–Trinajstić information content (AvgIpc) is 0.916. The second-order valence-corrected chi connectivity index (χ2v) is 32.8. The lowest BCUT2D eigenvalue weighted by molar-refractivity contribution is -0.161. The second-order valence-electron chi connectivity index (χ2n) is 29.9. The summed E-state index contributed by atoms with van der Waals surface area (Å²) in [5, 5.41) is 10.6. The van der Waals surface area contributed by atoms with Gasteiger partial charge >= 0.3 is 39.5 Å². The number of ether oxygens (including phenoxy) is 4. The Kier molecular flexibility index (Phi) is 71.2. The molecular formula is C81H158O17P2. The van der Waals surface area contributed by atoms with Crippen LogP contribution in [0, 0.1) is 11.8 Å². The van der Waals surface area contributed by atoms with Gasteiger partial charge in [-0.2, -0.15) is 0 Å². The van der Waals surface area contributed by atoms with Gasteiger partial charge in [-0.1, -0.05) is 375 Å². The third-order valence-electron chi connectivity index (χ3n) is 19.3. The molecule has 17 nitrogen and oxygen atoms in total. The topological polar surface area (TPSA) is 237 Å². The van der Waals surface area contributed by atoms with E-state index in [-0.39, 0.29) is 25.7 Å². The SMILES string of the molecule is CCCCCCCCCCCCCCCCCCCCC(=O)OC[C@H](COP(=O)(O)OC[C@@H](O)COP(=O)(O)OC[C@@H](COC(=O)CCCCCCCCCC)OC(=O)CCCCCCCCCCCCCCCC(C)C)OC(=O)CCCCCCCCCCCCCCCCC(C)CC. The molecule has 6 atom stereocenters. The summed E-state index contributed by atoms with van der Waals surface area (Å²) in [6, 6.07) is 0. The summed E-state index contributed by atoms with van der Waals surface area (Å²) >= 11 is 0. The van der Waals surface area contributed by atoms with Gasteiger partial charge in [-0.25, -0.2) is 9.13 Å². The number of phosphoric ester groups is 2. The number of esters is 4. The van der Waals surface area contributed by atoms with Crippen LogP contribution in [0.5, 0.6) is 0 Å². The predicted molar refractivity (Wildman–Crippen MR) is 409 cm³/mol. The second kappa shape index (κ2) is 72.6. The summed E-state index contributed by atoms with van der Waals surface area (Å²) in [4.78, 5) is 72.9. The quantitative estimate of drug-likeness (QED) is 0.0222. The van der Waals surface area contributed by atoms with Crippen molar-refractivity contribution in [1.82, 2.24) is 0 Å². The maximum Gasteiger partial charge on any atom is 0.472 e. The number of carbonyl (C=O) groups is 4. The van der Waals surface area contributed by atoms with E-state index in [9.17, 15) is 43.2 Å². The van der Waals surface area contributed by atoms with Crippen molar-refractivity contribution in [3.63, 3.8) is 0 Å². The summed E-state index contributed by atoms with van der Waals surface area (Å²) in [5.74, 6) is -0.478. The van der Waals surface area contributed by atoms with E-state index < -0.39 is 97.5 Å². The summed E-state index contributed by atoms with van der Waals surface area (Å²) in [6.45, 7) is 9.68. The monoisotopic (exact) mass is 1470 g/mol. The Morgan fingerprint density at radius 1 is 0.290 bits per heavy atom. The Morgan fingerprint density at radius 2 is 0.510 bits per heavy atom. The van der Waals surface area contributed by atoms with Gasteiger partial charge < -0.3 is 33.8 Å². The number of aliphatic hydroxyl groups is 1. The van der Waals surface area contributed by atoms with Gasteiger partial charge in [-0.3, -0.25) is 37.3 Å². The minimum atomic E-state index is -4.96. The molecule has 0 saturated heterocycles. The Hall–Kier alpha value is -1.94. The molecule has 0 aromatic carbocycles. The van der Waals surface area contributed by atoms with Crippen molar-refractivity contribution in [3.8, 4) is 0 Å². The van der Waals surface area contributed by atoms with E-state index in [2.05, 4.69) is 41.5 Å². The van der Waals surface area contributed by atoms with Crippen molar-refractivity contribution in [2.45, 2.75) is 445 Å². The van der Waals surface area contributed by atoms with Gasteiger partial charge in [0.1, 0.15) is 19.3 Å². The molecule has 0 aliphatic rings. The van der Waals surface area contributed by atoms with Crippen molar-refractivity contribution in [2.24, 2.45) is 11.8 Å². The molecule has 0 heterocycles. The van der Waals surface area contributed by atoms with Crippen LogP contribution in [0.15, 0.2) is 0 Å². The Bertz CT molecular complexity index is 1930. The predicted octanol–water partition coefficient (Wildman–Crippen LogP) is 24.3. The molecular weight excluding hydrogens is 1310 g/mol. The van der Waals surface area contributed by atoms with Crippen LogP contribution in [0.1, 0.15) is 427 Å². The van der Waals surface area contributed by atoms with E-state index >= 15 is 0 Å². The number of rotatable bonds is 80. The molecule has 0 saturated carbocycles. The molecule has 19 heteroatoms. The van der Waals surface area contributed by atoms with Crippen LogP contribution in [0.25, 0.3) is 0 Å². The minimum Gasteiger partial charge on any atom is -0.462 e. The first-order chi connectivity index (χ1) is 48.4. The molecule has 100 heavy (non-hydrogen) atoms. The van der Waals surface area contributed by atoms with Crippen molar-refractivity contribution in [3.05, 3.63) is 0 Å². The van der Waals surface area contributed by atoms with Crippen LogP contribution < -0.4 is 0 Å². The maximum absolute atomic E-state index is 13.1. The first-order valence-electron chi connectivity index (χ1n) is 42.0. The summed E-state index contributed by atoms with van der Waals surface area (Å²) in [7, 11) is -9.92. The highest BCUT2D eigenvalue weighted by Crippen LogP contribution is 2.45. The highest BCUT2D eigenvalue weighted by Gasteiger charge is 2.30. The van der Waals surface area contributed by atoms with E-state index in [0.29, 0.717) is 25.7 Å². The molecule has 0 bridgehead atoms. The largest absolute Gasteiger partial charge is 0.472 e. The zero-order valence-corrected chi connectivity index (χ0v) is 67.3. The van der Waals surface area contributed by atoms with E-state index in [0.717, 1.165) is 108 Å². The fraction of sp³-hybridized carbons (Fsp3) is 0.951. The number of phosphoric acid groups is 2. The number of aliphatic hydroxyl groups excluding tert-OH is 1. The van der Waals surface area contributed by atoms with Crippen LogP contribution in [-0.4, -0.2) is 96.7 Å². The number of carbonyl (C=O) groups excluding carboxylic acids is 4. The molecule has 0 rings (SSSR count).